The van der Waals surface area contributed by atoms with Crippen molar-refractivity contribution in [1.82, 2.24) is 4.90 Å². The van der Waals surface area contributed by atoms with Crippen LogP contribution in [-0.2, 0) is 26.0 Å². The van der Waals surface area contributed by atoms with Crippen molar-refractivity contribution in [1.29, 1.82) is 0 Å². The molecule has 164 valence electrons. The minimum absolute atomic E-state index is 0.0524. The highest BCUT2D eigenvalue weighted by atomic mass is 32.2. The van der Waals surface area contributed by atoms with Gasteiger partial charge in [0.15, 0.2) is 0 Å². The Bertz CT molecular complexity index is 939. The Hall–Kier alpha value is -2.58. The molecule has 8 heteroatoms. The molecule has 0 spiro atoms. The molecular weight excluding hydrogens is 404 g/mol. The highest BCUT2D eigenvalue weighted by Gasteiger charge is 2.16. The zero-order valence-electron chi connectivity index (χ0n) is 18.0. The Morgan fingerprint density at radius 3 is 2.27 bits per heavy atom. The molecule has 0 aliphatic carbocycles. The van der Waals surface area contributed by atoms with Gasteiger partial charge in [0.25, 0.3) is 10.0 Å². The lowest BCUT2D eigenvalue weighted by Crippen LogP contribution is -2.31. The van der Waals surface area contributed by atoms with E-state index in [9.17, 15) is 13.2 Å². The minimum atomic E-state index is -3.74. The molecule has 0 atom stereocenters. The van der Waals surface area contributed by atoms with E-state index in [1.165, 1.54) is 6.07 Å². The average molecular weight is 435 g/mol. The van der Waals surface area contributed by atoms with E-state index >= 15 is 0 Å². The third-order valence-corrected chi connectivity index (χ3v) is 6.06. The molecule has 0 saturated heterocycles. The first-order valence-corrected chi connectivity index (χ1v) is 11.4. The standard InChI is InChI=1S/C22H30N2O5S/c1-5-24(6-2)22(25)16-18-7-9-19(10-8-18)23-30(26,27)20-11-12-21(17(3)15-20)29-14-13-28-4/h7-12,15,23H,5-6,13-14,16H2,1-4H3. The fourth-order valence-corrected chi connectivity index (χ4v) is 4.10. The number of carbonyl (C=O) groups excluding carboxylic acids is 1. The van der Waals surface area contributed by atoms with Crippen LogP contribution in [0.2, 0.25) is 0 Å². The van der Waals surface area contributed by atoms with Crippen molar-refractivity contribution in [3.63, 3.8) is 0 Å². The lowest BCUT2D eigenvalue weighted by Gasteiger charge is -2.18. The second kappa shape index (κ2) is 11.0. The first kappa shape index (κ1) is 23.7. The Balaban J connectivity index is 2.06. The van der Waals surface area contributed by atoms with Crippen LogP contribution < -0.4 is 9.46 Å². The lowest BCUT2D eigenvalue weighted by atomic mass is 10.1. The first-order valence-electron chi connectivity index (χ1n) is 9.92. The number of anilines is 1. The maximum Gasteiger partial charge on any atom is 0.261 e. The van der Waals surface area contributed by atoms with Gasteiger partial charge < -0.3 is 14.4 Å². The molecular formula is C22H30N2O5S. The molecule has 0 heterocycles. The summed E-state index contributed by atoms with van der Waals surface area (Å²) in [5.41, 5.74) is 2.00. The van der Waals surface area contributed by atoms with Crippen LogP contribution in [0.5, 0.6) is 5.75 Å². The summed E-state index contributed by atoms with van der Waals surface area (Å²) in [6, 6.07) is 11.6. The summed E-state index contributed by atoms with van der Waals surface area (Å²) < 4.78 is 38.5. The smallest absolute Gasteiger partial charge is 0.261 e. The molecule has 7 nitrogen and oxygen atoms in total. The first-order chi connectivity index (χ1) is 14.3. The van der Waals surface area contributed by atoms with Gasteiger partial charge in [-0.3, -0.25) is 9.52 Å². The number of benzene rings is 2. The number of hydrogen-bond donors (Lipinski definition) is 1. The maximum absolute atomic E-state index is 12.7. The molecule has 0 aromatic heterocycles. The normalized spacial score (nSPS) is 11.2. The fourth-order valence-electron chi connectivity index (χ4n) is 2.95. The summed E-state index contributed by atoms with van der Waals surface area (Å²) in [6.45, 7) is 7.87. The molecule has 2 rings (SSSR count). The number of rotatable bonds is 11. The number of ether oxygens (including phenoxy) is 2. The Morgan fingerprint density at radius 1 is 1.03 bits per heavy atom. The van der Waals surface area contributed by atoms with Crippen molar-refractivity contribution in [3.05, 3.63) is 53.6 Å². The Morgan fingerprint density at radius 2 is 1.70 bits per heavy atom. The summed E-state index contributed by atoms with van der Waals surface area (Å²) >= 11 is 0. The largest absolute Gasteiger partial charge is 0.491 e. The van der Waals surface area contributed by atoms with Crippen LogP contribution in [0, 0.1) is 6.92 Å². The maximum atomic E-state index is 12.7. The van der Waals surface area contributed by atoms with Crippen LogP contribution in [0.15, 0.2) is 47.4 Å². The van der Waals surface area contributed by atoms with Gasteiger partial charge in [-0.15, -0.1) is 0 Å². The SMILES string of the molecule is CCN(CC)C(=O)Cc1ccc(NS(=O)(=O)c2ccc(OCCOC)c(C)c2)cc1. The second-order valence-corrected chi connectivity index (χ2v) is 8.50. The molecule has 2 aromatic carbocycles. The predicted octanol–water partition coefficient (Wildman–Crippen LogP) is 3.23. The van der Waals surface area contributed by atoms with Crippen molar-refractivity contribution in [2.75, 3.05) is 38.1 Å². The van der Waals surface area contributed by atoms with Crippen LogP contribution in [0.1, 0.15) is 25.0 Å². The number of hydrogen-bond acceptors (Lipinski definition) is 5. The number of likely N-dealkylation sites (N-methyl/N-ethyl adjacent to an activating group) is 1. The summed E-state index contributed by atoms with van der Waals surface area (Å²) in [5.74, 6) is 0.671. The predicted molar refractivity (Wildman–Crippen MR) is 117 cm³/mol. The van der Waals surface area contributed by atoms with Gasteiger partial charge in [0, 0.05) is 25.9 Å². The van der Waals surface area contributed by atoms with Crippen LogP contribution >= 0.6 is 0 Å². The molecule has 0 radical (unpaired) electrons. The van der Waals surface area contributed by atoms with Gasteiger partial charge >= 0.3 is 0 Å². The van der Waals surface area contributed by atoms with Gasteiger partial charge in [-0.05, 0) is 62.2 Å². The van der Waals surface area contributed by atoms with Gasteiger partial charge in [0.2, 0.25) is 5.91 Å². The van der Waals surface area contributed by atoms with E-state index in [2.05, 4.69) is 4.72 Å². The third kappa shape index (κ3) is 6.47. The summed E-state index contributed by atoms with van der Waals surface area (Å²) in [7, 11) is -2.15. The van der Waals surface area contributed by atoms with Crippen molar-refractivity contribution in [3.8, 4) is 5.75 Å². The van der Waals surface area contributed by atoms with Crippen molar-refractivity contribution < 1.29 is 22.7 Å². The Kier molecular flexibility index (Phi) is 8.68. The molecule has 0 aliphatic rings. The van der Waals surface area contributed by atoms with E-state index in [1.807, 2.05) is 13.8 Å². The van der Waals surface area contributed by atoms with Gasteiger partial charge in [-0.25, -0.2) is 8.42 Å². The number of nitrogens with one attached hydrogen (secondary N) is 1. The summed E-state index contributed by atoms with van der Waals surface area (Å²) in [5, 5.41) is 0. The Labute approximate surface area is 179 Å². The number of nitrogens with zero attached hydrogens (tertiary/aromatic N) is 1. The molecule has 0 bridgehead atoms. The number of carbonyl (C=O) groups is 1. The fraction of sp³-hybridized carbons (Fsp3) is 0.409. The molecule has 0 saturated carbocycles. The monoisotopic (exact) mass is 434 g/mol. The van der Waals surface area contributed by atoms with Crippen molar-refractivity contribution in [2.24, 2.45) is 0 Å². The van der Waals surface area contributed by atoms with Gasteiger partial charge in [0.1, 0.15) is 12.4 Å². The highest BCUT2D eigenvalue weighted by Crippen LogP contribution is 2.24. The second-order valence-electron chi connectivity index (χ2n) is 6.81. The number of methoxy groups -OCH3 is 1. The van der Waals surface area contributed by atoms with Crippen LogP contribution in [0.4, 0.5) is 5.69 Å². The summed E-state index contributed by atoms with van der Waals surface area (Å²) in [4.78, 5) is 14.1. The number of sulfonamides is 1. The van der Waals surface area contributed by atoms with Crippen molar-refractivity contribution in [2.45, 2.75) is 32.1 Å². The van der Waals surface area contributed by atoms with E-state index in [1.54, 1.807) is 55.3 Å². The quantitative estimate of drug-likeness (QED) is 0.549. The molecule has 0 fully saturated rings. The molecule has 2 aromatic rings. The van der Waals surface area contributed by atoms with Crippen LogP contribution in [-0.4, -0.2) is 52.6 Å². The number of aryl methyl sites for hydroxylation is 1. The van der Waals surface area contributed by atoms with E-state index in [0.717, 1.165) is 11.1 Å². The topological polar surface area (TPSA) is 84.9 Å². The lowest BCUT2D eigenvalue weighted by molar-refractivity contribution is -0.130. The number of amides is 1. The molecule has 0 aliphatic heterocycles. The molecule has 30 heavy (non-hydrogen) atoms. The van der Waals surface area contributed by atoms with E-state index in [0.29, 0.717) is 44.2 Å². The zero-order chi connectivity index (χ0) is 22.1. The van der Waals surface area contributed by atoms with Gasteiger partial charge in [-0.1, -0.05) is 12.1 Å². The average Bonchev–Trinajstić information content (AvgIpc) is 2.71. The van der Waals surface area contributed by atoms with Crippen LogP contribution in [0.25, 0.3) is 0 Å². The third-order valence-electron chi connectivity index (χ3n) is 4.68. The molecule has 1 amide bonds. The van der Waals surface area contributed by atoms with E-state index in [-0.39, 0.29) is 10.8 Å². The molecule has 1 N–H and O–H groups in total. The van der Waals surface area contributed by atoms with Gasteiger partial charge in [-0.2, -0.15) is 0 Å². The van der Waals surface area contributed by atoms with Crippen LogP contribution in [0.3, 0.4) is 0 Å². The van der Waals surface area contributed by atoms with Gasteiger partial charge in [0.05, 0.1) is 17.9 Å². The van der Waals surface area contributed by atoms with Crippen molar-refractivity contribution >= 4 is 21.6 Å². The minimum Gasteiger partial charge on any atom is -0.491 e. The summed E-state index contributed by atoms with van der Waals surface area (Å²) in [6.07, 6.45) is 0.290. The molecule has 0 unspecified atom stereocenters. The zero-order valence-corrected chi connectivity index (χ0v) is 18.8. The van der Waals surface area contributed by atoms with E-state index in [4.69, 9.17) is 9.47 Å². The van der Waals surface area contributed by atoms with E-state index < -0.39 is 10.0 Å². The highest BCUT2D eigenvalue weighted by molar-refractivity contribution is 7.92.